The lowest BCUT2D eigenvalue weighted by Gasteiger charge is -1.98. The summed E-state index contributed by atoms with van der Waals surface area (Å²) in [5.41, 5.74) is 5.53. The van der Waals surface area contributed by atoms with Gasteiger partial charge in [0.1, 0.15) is 5.82 Å². The summed E-state index contributed by atoms with van der Waals surface area (Å²) in [5, 5.41) is 0. The van der Waals surface area contributed by atoms with Gasteiger partial charge in [-0.15, -0.1) is 0 Å². The Labute approximate surface area is 94.4 Å². The Morgan fingerprint density at radius 1 is 1.25 bits per heavy atom. The first-order valence-corrected chi connectivity index (χ1v) is 5.38. The molecule has 1 aromatic carbocycles. The third-order valence-corrected chi connectivity index (χ3v) is 2.51. The Morgan fingerprint density at radius 3 is 2.25 bits per heavy atom. The van der Waals surface area contributed by atoms with Crippen molar-refractivity contribution in [2.75, 3.05) is 7.11 Å². The van der Waals surface area contributed by atoms with Crippen molar-refractivity contribution in [3.05, 3.63) is 29.8 Å². The van der Waals surface area contributed by atoms with Gasteiger partial charge in [0.2, 0.25) is 0 Å². The van der Waals surface area contributed by atoms with Gasteiger partial charge in [-0.1, -0.05) is 12.8 Å². The fourth-order valence-electron chi connectivity index (χ4n) is 1.60. The summed E-state index contributed by atoms with van der Waals surface area (Å²) >= 11 is 0. The van der Waals surface area contributed by atoms with Crippen LogP contribution in [0.3, 0.4) is 0 Å². The molecule has 0 spiro atoms. The highest BCUT2D eigenvalue weighted by Crippen LogP contribution is 2.16. The highest BCUT2D eigenvalue weighted by atomic mass is 19.1. The molecule has 0 aliphatic heterocycles. The topological polar surface area (TPSA) is 35.2 Å². The summed E-state index contributed by atoms with van der Waals surface area (Å²) in [4.78, 5) is 0. The fourth-order valence-corrected chi connectivity index (χ4v) is 1.60. The molecule has 2 rings (SSSR count). The Morgan fingerprint density at radius 2 is 1.88 bits per heavy atom. The maximum atomic E-state index is 12.5. The van der Waals surface area contributed by atoms with Crippen LogP contribution >= 0.6 is 0 Å². The van der Waals surface area contributed by atoms with Crippen LogP contribution < -0.4 is 10.5 Å². The van der Waals surface area contributed by atoms with E-state index in [0.29, 0.717) is 6.04 Å². The average molecular weight is 229 g/mol. The predicted octanol–water partition coefficient (Wildman–Crippen LogP) is 2.86. The van der Waals surface area contributed by atoms with Gasteiger partial charge in [-0.2, -0.15) is 0 Å². The Kier molecular flexibility index (Phi) is 5.19. The van der Waals surface area contributed by atoms with E-state index in [-0.39, 0.29) is 5.75 Å². The van der Waals surface area contributed by atoms with Gasteiger partial charge in [-0.05, 0) is 25.0 Å². The molecule has 2 N–H and O–H groups in total. The van der Waals surface area contributed by atoms with Crippen molar-refractivity contribution >= 4 is 0 Å². The second kappa shape index (κ2) is 6.43. The van der Waals surface area contributed by atoms with Gasteiger partial charge in [-0.25, -0.2) is 8.78 Å². The molecule has 0 radical (unpaired) electrons. The molecule has 1 saturated carbocycles. The maximum absolute atomic E-state index is 12.5. The number of halogens is 2. The summed E-state index contributed by atoms with van der Waals surface area (Å²) in [6, 6.07) is 3.70. The van der Waals surface area contributed by atoms with Crippen LogP contribution in [0.2, 0.25) is 0 Å². The Hall–Kier alpha value is -1.16. The lowest BCUT2D eigenvalue weighted by Crippen LogP contribution is -2.13. The highest BCUT2D eigenvalue weighted by Gasteiger charge is 2.07. The molecule has 1 aliphatic carbocycles. The molecule has 1 aliphatic rings. The number of benzene rings is 1. The molecule has 0 aromatic heterocycles. The van der Waals surface area contributed by atoms with E-state index < -0.39 is 11.6 Å². The third-order valence-electron chi connectivity index (χ3n) is 2.51. The summed E-state index contributed by atoms with van der Waals surface area (Å²) in [6.45, 7) is 0. The van der Waals surface area contributed by atoms with Crippen LogP contribution in [0, 0.1) is 11.6 Å². The van der Waals surface area contributed by atoms with Crippen LogP contribution in [0.1, 0.15) is 25.7 Å². The lowest BCUT2D eigenvalue weighted by atomic mass is 10.3. The van der Waals surface area contributed by atoms with Crippen LogP contribution in [-0.2, 0) is 0 Å². The van der Waals surface area contributed by atoms with Crippen LogP contribution in [0.5, 0.6) is 5.75 Å². The van der Waals surface area contributed by atoms with E-state index in [0.717, 1.165) is 12.1 Å². The molecule has 0 bridgehead atoms. The minimum absolute atomic E-state index is 0.0569. The van der Waals surface area contributed by atoms with Gasteiger partial charge in [0.05, 0.1) is 7.11 Å². The van der Waals surface area contributed by atoms with E-state index in [1.54, 1.807) is 0 Å². The third kappa shape index (κ3) is 4.14. The van der Waals surface area contributed by atoms with Gasteiger partial charge in [-0.3, -0.25) is 0 Å². The second-order valence-electron chi connectivity index (χ2n) is 3.82. The molecule has 16 heavy (non-hydrogen) atoms. The standard InChI is InChI=1S/C7H6F2O.C5H11N/c1-10-7-3-2-5(8)4-6(7)9;6-5-3-1-2-4-5/h2-4H,1H3;5H,1-4,6H2. The lowest BCUT2D eigenvalue weighted by molar-refractivity contribution is 0.384. The van der Waals surface area contributed by atoms with Crippen molar-refractivity contribution in [1.29, 1.82) is 0 Å². The molecular formula is C12H17F2NO. The summed E-state index contributed by atoms with van der Waals surface area (Å²) in [7, 11) is 1.33. The van der Waals surface area contributed by atoms with E-state index in [4.69, 9.17) is 5.73 Å². The SMILES string of the molecule is COc1ccc(F)cc1F.NC1CCCC1. The number of ether oxygens (including phenoxy) is 1. The van der Waals surface area contributed by atoms with Gasteiger partial charge in [0.25, 0.3) is 0 Å². The summed E-state index contributed by atoms with van der Waals surface area (Å²) < 4.78 is 29.2. The normalized spacial score (nSPS) is 15.5. The first-order chi connectivity index (χ1) is 7.63. The Bertz CT molecular complexity index is 325. The maximum Gasteiger partial charge on any atom is 0.167 e. The van der Waals surface area contributed by atoms with E-state index in [1.807, 2.05) is 0 Å². The zero-order valence-corrected chi connectivity index (χ0v) is 9.38. The quantitative estimate of drug-likeness (QED) is 0.803. The number of nitrogens with two attached hydrogens (primary N) is 1. The van der Waals surface area contributed by atoms with E-state index in [1.165, 1.54) is 38.9 Å². The number of rotatable bonds is 1. The van der Waals surface area contributed by atoms with Crippen LogP contribution in [0.15, 0.2) is 18.2 Å². The smallest absolute Gasteiger partial charge is 0.167 e. The van der Waals surface area contributed by atoms with Crippen LogP contribution in [0.25, 0.3) is 0 Å². The first-order valence-electron chi connectivity index (χ1n) is 5.38. The van der Waals surface area contributed by atoms with E-state index in [2.05, 4.69) is 4.74 Å². The molecule has 4 heteroatoms. The summed E-state index contributed by atoms with van der Waals surface area (Å²) in [6.07, 6.45) is 5.25. The zero-order chi connectivity index (χ0) is 12.0. The van der Waals surface area contributed by atoms with Crippen LogP contribution in [-0.4, -0.2) is 13.2 Å². The minimum Gasteiger partial charge on any atom is -0.494 e. The molecule has 0 unspecified atom stereocenters. The zero-order valence-electron chi connectivity index (χ0n) is 9.38. The molecule has 0 amide bonds. The van der Waals surface area contributed by atoms with Crippen molar-refractivity contribution < 1.29 is 13.5 Å². The number of hydrogen-bond acceptors (Lipinski definition) is 2. The molecular weight excluding hydrogens is 212 g/mol. The molecule has 1 aromatic rings. The van der Waals surface area contributed by atoms with Crippen molar-refractivity contribution in [2.45, 2.75) is 31.7 Å². The monoisotopic (exact) mass is 229 g/mol. The van der Waals surface area contributed by atoms with Crippen LogP contribution in [0.4, 0.5) is 8.78 Å². The molecule has 0 atom stereocenters. The van der Waals surface area contributed by atoms with Gasteiger partial charge in [0.15, 0.2) is 11.6 Å². The minimum atomic E-state index is -0.678. The fraction of sp³-hybridized carbons (Fsp3) is 0.500. The molecule has 1 fully saturated rings. The van der Waals surface area contributed by atoms with Crippen molar-refractivity contribution in [3.8, 4) is 5.75 Å². The number of hydrogen-bond donors (Lipinski definition) is 1. The molecule has 90 valence electrons. The molecule has 0 saturated heterocycles. The Balaban J connectivity index is 0.000000181. The largest absolute Gasteiger partial charge is 0.494 e. The number of methoxy groups -OCH3 is 1. The second-order valence-corrected chi connectivity index (χ2v) is 3.82. The van der Waals surface area contributed by atoms with Gasteiger partial charge in [0, 0.05) is 12.1 Å². The molecule has 0 heterocycles. The molecule has 2 nitrogen and oxygen atoms in total. The van der Waals surface area contributed by atoms with Crippen molar-refractivity contribution in [3.63, 3.8) is 0 Å². The van der Waals surface area contributed by atoms with Crippen molar-refractivity contribution in [2.24, 2.45) is 5.73 Å². The predicted molar refractivity (Wildman–Crippen MR) is 59.4 cm³/mol. The first kappa shape index (κ1) is 12.9. The van der Waals surface area contributed by atoms with Gasteiger partial charge < -0.3 is 10.5 Å². The highest BCUT2D eigenvalue weighted by molar-refractivity contribution is 5.24. The van der Waals surface area contributed by atoms with Crippen molar-refractivity contribution in [1.82, 2.24) is 0 Å². The van der Waals surface area contributed by atoms with E-state index in [9.17, 15) is 8.78 Å². The summed E-state index contributed by atoms with van der Waals surface area (Å²) in [5.74, 6) is -1.22. The average Bonchev–Trinajstić information content (AvgIpc) is 2.70. The van der Waals surface area contributed by atoms with Gasteiger partial charge >= 0.3 is 0 Å². The van der Waals surface area contributed by atoms with E-state index >= 15 is 0 Å².